The van der Waals surface area contributed by atoms with Crippen LogP contribution in [0.1, 0.15) is 15.9 Å². The first-order valence-electron chi connectivity index (χ1n) is 5.47. The third-order valence-electron chi connectivity index (χ3n) is 2.60. The van der Waals surface area contributed by atoms with Gasteiger partial charge in [-0.15, -0.1) is 11.3 Å². The van der Waals surface area contributed by atoms with Gasteiger partial charge in [-0.2, -0.15) is 0 Å². The van der Waals surface area contributed by atoms with Crippen molar-refractivity contribution in [1.82, 2.24) is 4.90 Å². The summed E-state index contributed by atoms with van der Waals surface area (Å²) >= 11 is 4.92. The summed E-state index contributed by atoms with van der Waals surface area (Å²) in [5, 5.41) is 21.0. The molecule has 19 heavy (non-hydrogen) atoms. The van der Waals surface area contributed by atoms with Crippen molar-refractivity contribution in [3.8, 4) is 11.5 Å². The maximum Gasteiger partial charge on any atom is 0.257 e. The molecule has 0 spiro atoms. The normalized spacial score (nSPS) is 10.4. The molecule has 0 radical (unpaired) electrons. The Bertz CT molecular complexity index is 612. The summed E-state index contributed by atoms with van der Waals surface area (Å²) in [6.07, 6.45) is 0. The van der Waals surface area contributed by atoms with Crippen LogP contribution in [-0.2, 0) is 6.54 Å². The van der Waals surface area contributed by atoms with Crippen molar-refractivity contribution in [1.29, 1.82) is 0 Å². The first-order valence-corrected chi connectivity index (χ1v) is 7.15. The van der Waals surface area contributed by atoms with Gasteiger partial charge in [-0.3, -0.25) is 4.79 Å². The number of carbonyl (C=O) groups excluding carboxylic acids is 1. The van der Waals surface area contributed by atoms with E-state index in [1.165, 1.54) is 23.1 Å². The average molecular weight is 342 g/mol. The van der Waals surface area contributed by atoms with Crippen LogP contribution in [-0.4, -0.2) is 28.1 Å². The van der Waals surface area contributed by atoms with Crippen LogP contribution < -0.4 is 0 Å². The minimum Gasteiger partial charge on any atom is -0.508 e. The molecule has 0 unspecified atom stereocenters. The van der Waals surface area contributed by atoms with Crippen molar-refractivity contribution >= 4 is 33.2 Å². The van der Waals surface area contributed by atoms with E-state index in [2.05, 4.69) is 15.9 Å². The highest BCUT2D eigenvalue weighted by Gasteiger charge is 2.17. The Kier molecular flexibility index (Phi) is 4.11. The van der Waals surface area contributed by atoms with Crippen LogP contribution in [0, 0.1) is 0 Å². The summed E-state index contributed by atoms with van der Waals surface area (Å²) in [6.45, 7) is 0.441. The highest BCUT2D eigenvalue weighted by Crippen LogP contribution is 2.25. The smallest absolute Gasteiger partial charge is 0.257 e. The predicted octanol–water partition coefficient (Wildman–Crippen LogP) is 3.19. The van der Waals surface area contributed by atoms with Gasteiger partial charge >= 0.3 is 0 Å². The molecule has 100 valence electrons. The van der Waals surface area contributed by atoms with Crippen LogP contribution in [0.25, 0.3) is 0 Å². The second-order valence-electron chi connectivity index (χ2n) is 4.12. The number of aromatic hydroxyl groups is 2. The Morgan fingerprint density at radius 1 is 1.37 bits per heavy atom. The molecule has 6 heteroatoms. The van der Waals surface area contributed by atoms with Crippen molar-refractivity contribution in [2.75, 3.05) is 7.05 Å². The lowest BCUT2D eigenvalue weighted by Gasteiger charge is -2.17. The molecule has 4 nitrogen and oxygen atoms in total. The number of nitrogens with zero attached hydrogens (tertiary/aromatic N) is 1. The standard InChI is InChI=1S/C13H12BrNO3S/c1-15(6-8-4-12(14)19-7-8)13(18)10-5-9(16)2-3-11(10)17/h2-5,7,16-17H,6H2,1H3. The van der Waals surface area contributed by atoms with E-state index in [1.807, 2.05) is 11.4 Å². The summed E-state index contributed by atoms with van der Waals surface area (Å²) in [5.41, 5.74) is 1.10. The number of benzene rings is 1. The summed E-state index contributed by atoms with van der Waals surface area (Å²) in [4.78, 5) is 13.7. The third kappa shape index (κ3) is 3.27. The lowest BCUT2D eigenvalue weighted by atomic mass is 10.1. The fourth-order valence-corrected chi connectivity index (χ4v) is 2.88. The number of halogens is 1. The number of thiophene rings is 1. The van der Waals surface area contributed by atoms with E-state index >= 15 is 0 Å². The molecule has 0 atom stereocenters. The number of hydrogen-bond acceptors (Lipinski definition) is 4. The minimum atomic E-state index is -0.337. The van der Waals surface area contributed by atoms with Crippen molar-refractivity contribution in [3.05, 3.63) is 44.6 Å². The lowest BCUT2D eigenvalue weighted by molar-refractivity contribution is 0.0782. The first kappa shape index (κ1) is 13.9. The number of amides is 1. The highest BCUT2D eigenvalue weighted by molar-refractivity contribution is 9.11. The molecule has 1 aromatic heterocycles. The molecule has 2 rings (SSSR count). The second kappa shape index (κ2) is 5.63. The van der Waals surface area contributed by atoms with E-state index in [9.17, 15) is 15.0 Å². The van der Waals surface area contributed by atoms with Crippen molar-refractivity contribution in [3.63, 3.8) is 0 Å². The van der Waals surface area contributed by atoms with Crippen LogP contribution in [0.2, 0.25) is 0 Å². The fourth-order valence-electron chi connectivity index (χ4n) is 1.68. The van der Waals surface area contributed by atoms with Gasteiger partial charge in [-0.25, -0.2) is 0 Å². The van der Waals surface area contributed by atoms with Gasteiger partial charge in [0.05, 0.1) is 9.35 Å². The van der Waals surface area contributed by atoms with Crippen molar-refractivity contribution in [2.45, 2.75) is 6.54 Å². The summed E-state index contributed by atoms with van der Waals surface area (Å²) in [5.74, 6) is -0.523. The highest BCUT2D eigenvalue weighted by atomic mass is 79.9. The van der Waals surface area contributed by atoms with Gasteiger partial charge in [-0.05, 0) is 51.1 Å². The molecule has 0 aliphatic carbocycles. The van der Waals surface area contributed by atoms with Crippen LogP contribution in [0.5, 0.6) is 11.5 Å². The maximum atomic E-state index is 12.2. The quantitative estimate of drug-likeness (QED) is 0.842. The first-order chi connectivity index (χ1) is 8.97. The SMILES string of the molecule is CN(Cc1csc(Br)c1)C(=O)c1cc(O)ccc1O. The van der Waals surface area contributed by atoms with Gasteiger partial charge in [0.15, 0.2) is 0 Å². The van der Waals surface area contributed by atoms with Gasteiger partial charge in [-0.1, -0.05) is 0 Å². The molecule has 0 aliphatic heterocycles. The van der Waals surface area contributed by atoms with Crippen LogP contribution in [0.4, 0.5) is 0 Å². The van der Waals surface area contributed by atoms with Crippen molar-refractivity contribution < 1.29 is 15.0 Å². The molecule has 2 aromatic rings. The Balaban J connectivity index is 2.16. The van der Waals surface area contributed by atoms with E-state index in [0.29, 0.717) is 6.54 Å². The summed E-state index contributed by atoms with van der Waals surface area (Å²) in [7, 11) is 1.65. The fraction of sp³-hybridized carbons (Fsp3) is 0.154. The Morgan fingerprint density at radius 2 is 2.11 bits per heavy atom. The second-order valence-corrected chi connectivity index (χ2v) is 6.41. The molecule has 0 aliphatic rings. The third-order valence-corrected chi connectivity index (χ3v) is 4.15. The maximum absolute atomic E-state index is 12.2. The molecule has 0 saturated carbocycles. The predicted molar refractivity (Wildman–Crippen MR) is 77.6 cm³/mol. The molecule has 1 aromatic carbocycles. The topological polar surface area (TPSA) is 60.8 Å². The zero-order valence-electron chi connectivity index (χ0n) is 10.1. The zero-order chi connectivity index (χ0) is 14.0. The van der Waals surface area contributed by atoms with E-state index < -0.39 is 0 Å². The molecule has 0 saturated heterocycles. The number of phenolic OH excluding ortho intramolecular Hbond substituents is 2. The molecule has 1 heterocycles. The van der Waals surface area contributed by atoms with E-state index in [4.69, 9.17) is 0 Å². The molecule has 2 N–H and O–H groups in total. The Morgan fingerprint density at radius 3 is 2.74 bits per heavy atom. The molecular formula is C13H12BrNO3S. The van der Waals surface area contributed by atoms with Gasteiger partial charge in [0.25, 0.3) is 5.91 Å². The van der Waals surface area contributed by atoms with Gasteiger partial charge in [0.2, 0.25) is 0 Å². The summed E-state index contributed by atoms with van der Waals surface area (Å²) < 4.78 is 1.00. The molecular weight excluding hydrogens is 330 g/mol. The Hall–Kier alpha value is -1.53. The van der Waals surface area contributed by atoms with Gasteiger partial charge in [0, 0.05) is 13.6 Å². The Labute approximate surface area is 123 Å². The number of rotatable bonds is 3. The minimum absolute atomic E-state index is 0.0483. The van der Waals surface area contributed by atoms with E-state index in [-0.39, 0.29) is 23.0 Å². The monoisotopic (exact) mass is 341 g/mol. The van der Waals surface area contributed by atoms with Crippen LogP contribution in [0.15, 0.2) is 33.4 Å². The molecule has 0 fully saturated rings. The van der Waals surface area contributed by atoms with Crippen LogP contribution >= 0.6 is 27.3 Å². The van der Waals surface area contributed by atoms with Gasteiger partial charge < -0.3 is 15.1 Å². The number of phenols is 2. The lowest BCUT2D eigenvalue weighted by Crippen LogP contribution is -2.26. The number of carbonyl (C=O) groups is 1. The van der Waals surface area contributed by atoms with Crippen LogP contribution in [0.3, 0.4) is 0 Å². The summed E-state index contributed by atoms with van der Waals surface area (Å²) in [6, 6.07) is 5.84. The average Bonchev–Trinajstić information content (AvgIpc) is 2.77. The van der Waals surface area contributed by atoms with Crippen molar-refractivity contribution in [2.24, 2.45) is 0 Å². The van der Waals surface area contributed by atoms with E-state index in [1.54, 1.807) is 18.4 Å². The van der Waals surface area contributed by atoms with E-state index in [0.717, 1.165) is 9.35 Å². The van der Waals surface area contributed by atoms with Gasteiger partial charge in [0.1, 0.15) is 11.5 Å². The zero-order valence-corrected chi connectivity index (χ0v) is 12.5. The molecule has 1 amide bonds. The largest absolute Gasteiger partial charge is 0.508 e. The molecule has 0 bridgehead atoms. The number of hydrogen-bond donors (Lipinski definition) is 2.